The Bertz CT molecular complexity index is 1480. The highest BCUT2D eigenvalue weighted by molar-refractivity contribution is 6.05. The topological polar surface area (TPSA) is 81.2 Å². The SMILES string of the molecule is O=C(COC(=O)c1cc(-c2ccccn2)nc2ccccc12)Nc1ccc2ccccc2c1. The van der Waals surface area contributed by atoms with Crippen LogP contribution in [0.2, 0.25) is 0 Å². The Hall–Kier alpha value is -4.58. The van der Waals surface area contributed by atoms with Crippen molar-refractivity contribution in [3.8, 4) is 11.4 Å². The number of carbonyl (C=O) groups excluding carboxylic acids is 2. The zero-order valence-corrected chi connectivity index (χ0v) is 17.6. The molecule has 0 saturated carbocycles. The van der Waals surface area contributed by atoms with E-state index in [1.54, 1.807) is 18.3 Å². The van der Waals surface area contributed by atoms with Crippen LogP contribution in [0, 0.1) is 0 Å². The number of esters is 1. The number of amides is 1. The van der Waals surface area contributed by atoms with Crippen LogP contribution in [0.15, 0.2) is 97.2 Å². The summed E-state index contributed by atoms with van der Waals surface area (Å²) in [5.74, 6) is -1.01. The molecule has 5 rings (SSSR count). The maximum atomic E-state index is 12.9. The fourth-order valence-corrected chi connectivity index (χ4v) is 3.66. The maximum Gasteiger partial charge on any atom is 0.339 e. The summed E-state index contributed by atoms with van der Waals surface area (Å²) in [6, 6.07) is 27.9. The van der Waals surface area contributed by atoms with Gasteiger partial charge in [0.2, 0.25) is 0 Å². The Morgan fingerprint density at radius 2 is 1.58 bits per heavy atom. The van der Waals surface area contributed by atoms with Gasteiger partial charge in [0.25, 0.3) is 5.91 Å². The average Bonchev–Trinajstić information content (AvgIpc) is 2.87. The van der Waals surface area contributed by atoms with Crippen molar-refractivity contribution in [3.05, 3.63) is 103 Å². The number of anilines is 1. The van der Waals surface area contributed by atoms with E-state index in [9.17, 15) is 9.59 Å². The Balaban J connectivity index is 1.34. The maximum absolute atomic E-state index is 12.9. The molecule has 0 radical (unpaired) electrons. The van der Waals surface area contributed by atoms with E-state index in [0.717, 1.165) is 10.8 Å². The molecule has 0 saturated heterocycles. The first-order valence-corrected chi connectivity index (χ1v) is 10.4. The lowest BCUT2D eigenvalue weighted by Gasteiger charge is -2.10. The van der Waals surface area contributed by atoms with Gasteiger partial charge in [0.05, 0.1) is 22.5 Å². The minimum atomic E-state index is -0.598. The van der Waals surface area contributed by atoms with Gasteiger partial charge in [0, 0.05) is 17.3 Å². The van der Waals surface area contributed by atoms with Crippen LogP contribution in [-0.2, 0) is 9.53 Å². The zero-order valence-electron chi connectivity index (χ0n) is 17.6. The van der Waals surface area contributed by atoms with Gasteiger partial charge in [-0.05, 0) is 47.2 Å². The molecule has 0 bridgehead atoms. The molecule has 0 aliphatic heterocycles. The lowest BCUT2D eigenvalue weighted by atomic mass is 10.1. The van der Waals surface area contributed by atoms with Crippen LogP contribution >= 0.6 is 0 Å². The Labute approximate surface area is 189 Å². The Morgan fingerprint density at radius 1 is 0.788 bits per heavy atom. The van der Waals surface area contributed by atoms with Crippen LogP contribution in [0.1, 0.15) is 10.4 Å². The predicted molar refractivity (Wildman–Crippen MR) is 128 cm³/mol. The highest BCUT2D eigenvalue weighted by Crippen LogP contribution is 2.24. The molecule has 160 valence electrons. The lowest BCUT2D eigenvalue weighted by molar-refractivity contribution is -0.119. The first-order valence-electron chi connectivity index (χ1n) is 10.4. The standard InChI is InChI=1S/C27H19N3O3/c31-26(29-20-13-12-18-7-1-2-8-19(18)15-20)17-33-27(32)22-16-25(24-11-5-6-14-28-24)30-23-10-4-3-9-21(22)23/h1-16H,17H2,(H,29,31). The summed E-state index contributed by atoms with van der Waals surface area (Å²) in [5, 5.41) is 5.52. The van der Waals surface area contributed by atoms with Crippen molar-refractivity contribution in [2.75, 3.05) is 11.9 Å². The van der Waals surface area contributed by atoms with Crippen LogP contribution in [0.5, 0.6) is 0 Å². The Morgan fingerprint density at radius 3 is 2.42 bits per heavy atom. The van der Waals surface area contributed by atoms with Crippen molar-refractivity contribution in [1.29, 1.82) is 0 Å². The molecule has 2 heterocycles. The van der Waals surface area contributed by atoms with E-state index < -0.39 is 18.5 Å². The minimum Gasteiger partial charge on any atom is -0.452 e. The minimum absolute atomic E-state index is 0.333. The number of nitrogens with zero attached hydrogens (tertiary/aromatic N) is 2. The molecule has 6 heteroatoms. The molecule has 0 fully saturated rings. The highest BCUT2D eigenvalue weighted by Gasteiger charge is 2.17. The van der Waals surface area contributed by atoms with Crippen molar-refractivity contribution in [1.82, 2.24) is 9.97 Å². The summed E-state index contributed by atoms with van der Waals surface area (Å²) in [7, 11) is 0. The smallest absolute Gasteiger partial charge is 0.339 e. The van der Waals surface area contributed by atoms with Gasteiger partial charge in [0.1, 0.15) is 0 Å². The third-order valence-corrected chi connectivity index (χ3v) is 5.23. The zero-order chi connectivity index (χ0) is 22.6. The molecule has 0 atom stereocenters. The van der Waals surface area contributed by atoms with E-state index >= 15 is 0 Å². The van der Waals surface area contributed by atoms with Gasteiger partial charge in [-0.1, -0.05) is 54.6 Å². The number of para-hydroxylation sites is 1. The van der Waals surface area contributed by atoms with Gasteiger partial charge in [-0.3, -0.25) is 9.78 Å². The summed E-state index contributed by atoms with van der Waals surface area (Å²) < 4.78 is 5.35. The fraction of sp³-hybridized carbons (Fsp3) is 0.0370. The largest absolute Gasteiger partial charge is 0.452 e. The predicted octanol–water partition coefficient (Wildman–Crippen LogP) is 5.25. The number of nitrogens with one attached hydrogen (secondary N) is 1. The average molecular weight is 433 g/mol. The molecular formula is C27H19N3O3. The Kier molecular flexibility index (Phi) is 5.47. The number of hydrogen-bond donors (Lipinski definition) is 1. The second-order valence-corrected chi connectivity index (χ2v) is 7.47. The summed E-state index contributed by atoms with van der Waals surface area (Å²) in [6.07, 6.45) is 1.67. The molecular weight excluding hydrogens is 414 g/mol. The monoisotopic (exact) mass is 433 g/mol. The second kappa shape index (κ2) is 8.88. The van der Waals surface area contributed by atoms with E-state index in [4.69, 9.17) is 4.74 Å². The number of carbonyl (C=O) groups is 2. The third kappa shape index (κ3) is 4.41. The number of aromatic nitrogens is 2. The molecule has 5 aromatic rings. The van der Waals surface area contributed by atoms with E-state index in [1.165, 1.54) is 0 Å². The van der Waals surface area contributed by atoms with Crippen molar-refractivity contribution >= 4 is 39.2 Å². The highest BCUT2D eigenvalue weighted by atomic mass is 16.5. The summed E-state index contributed by atoms with van der Waals surface area (Å²) in [5.41, 5.74) is 2.82. The molecule has 0 unspecified atom stereocenters. The summed E-state index contributed by atoms with van der Waals surface area (Å²) in [4.78, 5) is 34.3. The van der Waals surface area contributed by atoms with Crippen LogP contribution in [-0.4, -0.2) is 28.5 Å². The molecule has 0 aliphatic rings. The molecule has 2 aromatic heterocycles. The lowest BCUT2D eigenvalue weighted by Crippen LogP contribution is -2.21. The van der Waals surface area contributed by atoms with Gasteiger partial charge in [-0.2, -0.15) is 0 Å². The number of pyridine rings is 2. The second-order valence-electron chi connectivity index (χ2n) is 7.47. The molecule has 1 amide bonds. The van der Waals surface area contributed by atoms with Crippen molar-refractivity contribution in [2.24, 2.45) is 0 Å². The van der Waals surface area contributed by atoms with Crippen molar-refractivity contribution in [3.63, 3.8) is 0 Å². The molecule has 1 N–H and O–H groups in total. The number of ether oxygens (including phenoxy) is 1. The summed E-state index contributed by atoms with van der Waals surface area (Å²) >= 11 is 0. The number of rotatable bonds is 5. The number of hydrogen-bond acceptors (Lipinski definition) is 5. The normalized spacial score (nSPS) is 10.8. The van der Waals surface area contributed by atoms with E-state index in [0.29, 0.717) is 33.5 Å². The van der Waals surface area contributed by atoms with Crippen molar-refractivity contribution < 1.29 is 14.3 Å². The van der Waals surface area contributed by atoms with Gasteiger partial charge in [0.15, 0.2) is 6.61 Å². The van der Waals surface area contributed by atoms with E-state index in [2.05, 4.69) is 15.3 Å². The van der Waals surface area contributed by atoms with E-state index in [1.807, 2.05) is 78.9 Å². The molecule has 0 aliphatic carbocycles. The van der Waals surface area contributed by atoms with Crippen LogP contribution in [0.4, 0.5) is 5.69 Å². The molecule has 3 aromatic carbocycles. The van der Waals surface area contributed by atoms with Crippen LogP contribution < -0.4 is 5.32 Å². The molecule has 0 spiro atoms. The van der Waals surface area contributed by atoms with Gasteiger partial charge < -0.3 is 10.1 Å². The quantitative estimate of drug-likeness (QED) is 0.383. The number of benzene rings is 3. The first-order chi connectivity index (χ1) is 16.2. The van der Waals surface area contributed by atoms with Gasteiger partial charge in [-0.25, -0.2) is 9.78 Å². The van der Waals surface area contributed by atoms with Gasteiger partial charge in [-0.15, -0.1) is 0 Å². The van der Waals surface area contributed by atoms with Crippen molar-refractivity contribution in [2.45, 2.75) is 0 Å². The molecule has 33 heavy (non-hydrogen) atoms. The third-order valence-electron chi connectivity index (χ3n) is 5.23. The first kappa shape index (κ1) is 20.3. The van der Waals surface area contributed by atoms with Crippen LogP contribution in [0.3, 0.4) is 0 Å². The fourth-order valence-electron chi connectivity index (χ4n) is 3.66. The summed E-state index contributed by atoms with van der Waals surface area (Å²) in [6.45, 7) is -0.402. The van der Waals surface area contributed by atoms with Gasteiger partial charge >= 0.3 is 5.97 Å². The van der Waals surface area contributed by atoms with Crippen LogP contribution in [0.25, 0.3) is 33.1 Å². The molecule has 6 nitrogen and oxygen atoms in total. The van der Waals surface area contributed by atoms with E-state index in [-0.39, 0.29) is 0 Å². The number of fused-ring (bicyclic) bond motifs is 2.